The Morgan fingerprint density at radius 3 is 0.979 bits per heavy atom. The number of hydrogen-bond donors (Lipinski definition) is 10. The number of rotatable bonds is 22. The molecule has 36 heteroatoms. The van der Waals surface area contributed by atoms with E-state index >= 15 is 0 Å². The maximum atomic E-state index is 13.1. The highest BCUT2D eigenvalue weighted by Gasteiger charge is 2.31. The van der Waals surface area contributed by atoms with Crippen LogP contribution in [0, 0.1) is 5.92 Å². The summed E-state index contributed by atoms with van der Waals surface area (Å²) in [4.78, 5) is 127. The number of benzene rings is 4. The molecule has 10 N–H and O–H groups in total. The van der Waals surface area contributed by atoms with Crippen molar-refractivity contribution in [2.45, 2.75) is 103 Å². The lowest BCUT2D eigenvalue weighted by atomic mass is 10.0. The highest BCUT2D eigenvalue weighted by atomic mass is 16.5. The van der Waals surface area contributed by atoms with Crippen molar-refractivity contribution in [2.75, 3.05) is 162 Å². The summed E-state index contributed by atoms with van der Waals surface area (Å²) in [6.45, 7) is 14.6. The average molecular weight is 1920 g/mol. The first-order valence-electron chi connectivity index (χ1n) is 49.3. The van der Waals surface area contributed by atoms with Crippen molar-refractivity contribution in [3.8, 4) is 44.5 Å². The number of morpholine rings is 1. The van der Waals surface area contributed by atoms with Gasteiger partial charge in [0.15, 0.2) is 22.8 Å². The van der Waals surface area contributed by atoms with Gasteiger partial charge in [-0.3, -0.25) is 69.2 Å². The van der Waals surface area contributed by atoms with Crippen molar-refractivity contribution in [1.29, 1.82) is 0 Å². The molecular weight excluding hydrogens is 1800 g/mol. The summed E-state index contributed by atoms with van der Waals surface area (Å²) in [5, 5.41) is 49.3. The van der Waals surface area contributed by atoms with Gasteiger partial charge in [0.05, 0.1) is 118 Å². The number of urea groups is 1. The molecule has 0 atom stereocenters. The Hall–Kier alpha value is -16.5. The van der Waals surface area contributed by atoms with Crippen LogP contribution in [0.1, 0.15) is 144 Å². The third kappa shape index (κ3) is 23.0. The van der Waals surface area contributed by atoms with Crippen molar-refractivity contribution < 1.29 is 33.5 Å². The number of aromatic amines is 4. The number of amides is 7. The van der Waals surface area contributed by atoms with Gasteiger partial charge in [0, 0.05) is 167 Å². The van der Waals surface area contributed by atoms with Gasteiger partial charge >= 0.3 is 6.03 Å². The van der Waals surface area contributed by atoms with E-state index in [4.69, 9.17) is 4.74 Å². The highest BCUT2D eigenvalue weighted by Crippen LogP contribution is 2.37. The van der Waals surface area contributed by atoms with Gasteiger partial charge in [-0.25, -0.2) is 24.7 Å². The van der Waals surface area contributed by atoms with Gasteiger partial charge < -0.3 is 66.0 Å². The quantitative estimate of drug-likeness (QED) is 0.0301. The van der Waals surface area contributed by atoms with Crippen molar-refractivity contribution in [1.82, 2.24) is 90.5 Å². The van der Waals surface area contributed by atoms with E-state index in [0.717, 1.165) is 217 Å². The second kappa shape index (κ2) is 43.9. The lowest BCUT2D eigenvalue weighted by Gasteiger charge is -2.30. The van der Waals surface area contributed by atoms with E-state index in [1.807, 2.05) is 158 Å². The lowest BCUT2D eigenvalue weighted by molar-refractivity contribution is -0.117. The average Bonchev–Trinajstić information content (AvgIpc) is 1.68. The molecule has 4 aromatic carbocycles. The molecule has 143 heavy (non-hydrogen) atoms. The van der Waals surface area contributed by atoms with Crippen LogP contribution in [0.2, 0.25) is 0 Å². The summed E-state index contributed by atoms with van der Waals surface area (Å²) < 4.78 is 5.47. The van der Waals surface area contributed by atoms with Crippen LogP contribution in [0.4, 0.5) is 67.9 Å². The fraction of sp³-hybridized carbons (Fsp3) is 0.308. The molecule has 0 unspecified atom stereocenters. The molecule has 6 aliphatic heterocycles. The lowest BCUT2D eigenvalue weighted by Crippen LogP contribution is -2.36. The maximum Gasteiger partial charge on any atom is 0.321 e. The number of likely N-dealkylation sites (tertiary alicyclic amines) is 1. The second-order valence-electron chi connectivity index (χ2n) is 37.2. The number of carbonyl (C=O) groups excluding carboxylic acids is 6. The van der Waals surface area contributed by atoms with Crippen LogP contribution in [0.25, 0.3) is 88.1 Å². The standard InChI is InChI=1S/C27H29N7O2.C27H27N7O2.C27H29N7O.C26H28N8O2/c35-27(30-21-5-7-25(29-17-21)34-8-2-1-3-9-34)26-23-15-19(4-6-24(23)31-32-26)20-14-22(18-28-16-20)33-10-12-36-13-11-33;35-26(17-4-5-17)31-21-12-19(14-28-15-21)18-6-8-23-22(13-18)25(33-32-23)27(36)30-20-7-9-24(29-16-20)34-10-2-1-3-11-34;35-27(30-22-6-8-25(29-17-22)34-11-2-1-3-12-34)26-23-14-20(5-7-24(23)31-32-26)21-13-19(15-28-16-21)18-33-9-4-10-33;1-33(2)26(36)30-20-12-18(14-27-15-20)17-6-8-22-21(13-17)24(32-31-22)25(35)29-19-7-9-23(28-16-19)34-10-4-3-5-11-34/h4-7,14-18H,1-3,8-13H2,(H,30,35)(H,31,32);6-9,12-17H,1-5,10-11H2,(H,30,36)(H,31,35)(H,32,33);5-8,13-17H,1-4,9-12,18H2,(H,30,35)(H,31,32);6-9,12-16H,3-5,10-11H2,1-2H3,(H,29,35)(H,30,36)(H,31,32). The Morgan fingerprint density at radius 1 is 0.315 bits per heavy atom. The van der Waals surface area contributed by atoms with Crippen LogP contribution >= 0.6 is 0 Å². The summed E-state index contributed by atoms with van der Waals surface area (Å²) in [7, 11) is 3.34. The van der Waals surface area contributed by atoms with Crippen LogP contribution in [-0.2, 0) is 16.1 Å². The molecule has 0 bridgehead atoms. The van der Waals surface area contributed by atoms with E-state index < -0.39 is 0 Å². The zero-order valence-electron chi connectivity index (χ0n) is 79.9. The molecule has 36 nitrogen and oxygen atoms in total. The SMILES string of the molecule is CN(C)C(=O)Nc1cncc(-c2ccc3[nH]nc(C(=O)Nc4ccc(N5CCCCC5)nc4)c3c2)c1.O=C(Nc1ccc(N2CCCCC2)nc1)c1n[nH]c2ccc(-c3cncc(CN4CCC4)c3)cc12.O=C(Nc1ccc(N2CCCCC2)nc1)c1n[nH]c2ccc(-c3cncc(N4CCOCC4)c3)cc12.O=C(Nc1ccc(N2CCCCC2)nc1)c1n[nH]c2ccc(-c3cncc(NC(=O)C4CC4)c3)cc12. The fourth-order valence-corrected chi connectivity index (χ4v) is 18.6. The van der Waals surface area contributed by atoms with E-state index in [-0.39, 0.29) is 47.2 Å². The summed E-state index contributed by atoms with van der Waals surface area (Å²) in [6.07, 6.45) is 38.8. The minimum atomic E-state index is -0.323. The Kier molecular flexibility index (Phi) is 28.9. The number of ether oxygens (including phenoxy) is 1. The highest BCUT2D eigenvalue weighted by molar-refractivity contribution is 6.15. The molecule has 16 aromatic rings. The minimum absolute atomic E-state index is 0.0386. The number of nitrogens with zero attached hydrogens (tertiary/aromatic N) is 19. The first-order valence-corrected chi connectivity index (χ1v) is 49.3. The van der Waals surface area contributed by atoms with Crippen LogP contribution in [0.5, 0.6) is 0 Å². The summed E-state index contributed by atoms with van der Waals surface area (Å²) in [6, 6.07) is 46.6. The molecule has 1 aliphatic carbocycles. The fourth-order valence-electron chi connectivity index (χ4n) is 18.6. The third-order valence-corrected chi connectivity index (χ3v) is 26.8. The smallest absolute Gasteiger partial charge is 0.321 e. The monoisotopic (exact) mass is 1920 g/mol. The van der Waals surface area contributed by atoms with Crippen molar-refractivity contribution in [2.24, 2.45) is 5.92 Å². The molecule has 1 saturated carbocycles. The van der Waals surface area contributed by atoms with E-state index in [0.29, 0.717) is 62.0 Å². The minimum Gasteiger partial charge on any atom is -0.378 e. The number of piperidine rings is 4. The number of anilines is 11. The van der Waals surface area contributed by atoms with E-state index in [2.05, 4.69) is 154 Å². The third-order valence-electron chi connectivity index (χ3n) is 26.8. The zero-order valence-corrected chi connectivity index (χ0v) is 79.9. The van der Waals surface area contributed by atoms with E-state index in [1.165, 1.54) is 93.9 Å². The molecule has 0 radical (unpaired) electrons. The Bertz CT molecular complexity index is 7000. The van der Waals surface area contributed by atoms with Gasteiger partial charge in [0.2, 0.25) is 5.91 Å². The van der Waals surface area contributed by atoms with Crippen LogP contribution < -0.4 is 56.4 Å². The second-order valence-corrected chi connectivity index (χ2v) is 37.2. The maximum absolute atomic E-state index is 13.1. The van der Waals surface area contributed by atoms with Gasteiger partial charge in [-0.15, -0.1) is 0 Å². The Morgan fingerprint density at radius 2 is 0.650 bits per heavy atom. The molecule has 6 saturated heterocycles. The number of aromatic nitrogens is 16. The number of pyridine rings is 8. The molecule has 7 amide bonds. The molecule has 0 spiro atoms. The van der Waals surface area contributed by atoms with Crippen molar-refractivity contribution >= 4 is 142 Å². The largest absolute Gasteiger partial charge is 0.378 e. The van der Waals surface area contributed by atoms with E-state index in [9.17, 15) is 28.8 Å². The molecule has 728 valence electrons. The molecule has 7 fully saturated rings. The molecule has 12 aromatic heterocycles. The zero-order chi connectivity index (χ0) is 97.5. The van der Waals surface area contributed by atoms with Crippen molar-refractivity contribution in [3.63, 3.8) is 0 Å². The summed E-state index contributed by atoms with van der Waals surface area (Å²) in [5.41, 5.74) is 17.9. The van der Waals surface area contributed by atoms with Crippen LogP contribution in [0.3, 0.4) is 0 Å². The normalized spacial score (nSPS) is 15.4. The van der Waals surface area contributed by atoms with Crippen molar-refractivity contribution in [3.05, 3.63) is 248 Å². The van der Waals surface area contributed by atoms with Gasteiger partial charge in [0.25, 0.3) is 23.6 Å². The molecular formula is C107H113N29O7. The van der Waals surface area contributed by atoms with Crippen LogP contribution in [-0.4, -0.2) is 232 Å². The van der Waals surface area contributed by atoms with Gasteiger partial charge in [-0.1, -0.05) is 24.3 Å². The van der Waals surface area contributed by atoms with Gasteiger partial charge in [-0.05, 0) is 259 Å². The Balaban J connectivity index is 0.000000117. The molecule has 23 rings (SSSR count). The number of carbonyl (C=O) groups is 6. The van der Waals surface area contributed by atoms with Gasteiger partial charge in [0.1, 0.15) is 23.3 Å². The summed E-state index contributed by atoms with van der Waals surface area (Å²) in [5.74, 6) is 2.77. The predicted octanol–water partition coefficient (Wildman–Crippen LogP) is 17.5. The first-order chi connectivity index (χ1) is 70.1. The number of H-pyrrole nitrogens is 4. The molecule has 7 aliphatic rings. The first kappa shape index (κ1) is 94.1. The topological polar surface area (TPSA) is 424 Å². The number of fused-ring (bicyclic) bond motifs is 4. The predicted molar refractivity (Wildman–Crippen MR) is 557 cm³/mol. The molecule has 18 heterocycles. The van der Waals surface area contributed by atoms with E-state index in [1.54, 1.807) is 63.7 Å². The number of nitrogens with one attached hydrogen (secondary N) is 10. The number of hydrogen-bond acceptors (Lipinski definition) is 25. The van der Waals surface area contributed by atoms with Crippen LogP contribution in [0.15, 0.2) is 220 Å². The summed E-state index contributed by atoms with van der Waals surface area (Å²) >= 11 is 0. The van der Waals surface area contributed by atoms with Gasteiger partial charge in [-0.2, -0.15) is 20.4 Å². The Labute approximate surface area is 825 Å².